The summed E-state index contributed by atoms with van der Waals surface area (Å²) in [6.45, 7) is 9.69. The van der Waals surface area contributed by atoms with Crippen LogP contribution in [-0.4, -0.2) is 11.6 Å². The molecule has 0 bridgehead atoms. The number of carbonyl (C=O) groups excluding carboxylic acids is 2. The summed E-state index contributed by atoms with van der Waals surface area (Å²) in [5.41, 5.74) is 1.95. The second kappa shape index (κ2) is 7.58. The summed E-state index contributed by atoms with van der Waals surface area (Å²) >= 11 is 0. The van der Waals surface area contributed by atoms with Crippen molar-refractivity contribution in [3.63, 3.8) is 0 Å². The van der Waals surface area contributed by atoms with E-state index in [4.69, 9.17) is 0 Å². The topological polar surface area (TPSA) is 34.1 Å². The van der Waals surface area contributed by atoms with Gasteiger partial charge in [-0.1, -0.05) is 58.6 Å². The van der Waals surface area contributed by atoms with Crippen LogP contribution in [0.5, 0.6) is 0 Å². The summed E-state index contributed by atoms with van der Waals surface area (Å²) < 4.78 is 0. The van der Waals surface area contributed by atoms with Crippen LogP contribution in [0.4, 0.5) is 0 Å². The smallest absolute Gasteiger partial charge is 0.160 e. The Bertz CT molecular complexity index is 699. The van der Waals surface area contributed by atoms with Crippen LogP contribution in [0.3, 0.4) is 0 Å². The summed E-state index contributed by atoms with van der Waals surface area (Å²) in [4.78, 5) is 25.0. The minimum atomic E-state index is -0.0808. The van der Waals surface area contributed by atoms with Crippen LogP contribution >= 0.6 is 0 Å². The molecule has 28 heavy (non-hydrogen) atoms. The largest absolute Gasteiger partial charge is 0.295 e. The van der Waals surface area contributed by atoms with E-state index < -0.39 is 0 Å². The predicted molar refractivity (Wildman–Crippen MR) is 114 cm³/mol. The number of carbonyl (C=O) groups is 2. The van der Waals surface area contributed by atoms with Crippen LogP contribution in [0, 0.1) is 46.8 Å². The zero-order valence-corrected chi connectivity index (χ0v) is 18.2. The Hall–Kier alpha value is -1.18. The molecular weight excluding hydrogens is 344 g/mol. The molecule has 0 aliphatic heterocycles. The Morgan fingerprint density at radius 3 is 2.50 bits per heavy atom. The number of hydrogen-bond acceptors (Lipinski definition) is 2. The van der Waals surface area contributed by atoms with E-state index in [0.717, 1.165) is 30.6 Å². The number of fused-ring (bicyclic) bond motifs is 5. The predicted octanol–water partition coefficient (Wildman–Crippen LogP) is 6.16. The first kappa shape index (κ1) is 20.1. The molecule has 4 aliphatic rings. The Labute approximate surface area is 171 Å². The molecule has 2 fully saturated rings. The van der Waals surface area contributed by atoms with Crippen molar-refractivity contribution in [3.8, 4) is 0 Å². The van der Waals surface area contributed by atoms with Crippen LogP contribution in [0.15, 0.2) is 23.8 Å². The molecular formula is C26H38O2. The number of ketones is 2. The third kappa shape index (κ3) is 3.25. The van der Waals surface area contributed by atoms with Gasteiger partial charge in [-0.3, -0.25) is 9.59 Å². The zero-order valence-electron chi connectivity index (χ0n) is 18.2. The Morgan fingerprint density at radius 1 is 1.00 bits per heavy atom. The quantitative estimate of drug-likeness (QED) is 0.533. The van der Waals surface area contributed by atoms with Gasteiger partial charge in [-0.2, -0.15) is 0 Å². The maximum atomic E-state index is 12.7. The molecule has 0 radical (unpaired) electrons. The number of hydrogen-bond donors (Lipinski definition) is 0. The summed E-state index contributed by atoms with van der Waals surface area (Å²) in [5, 5.41) is 0. The minimum Gasteiger partial charge on any atom is -0.295 e. The van der Waals surface area contributed by atoms with Gasteiger partial charge in [-0.25, -0.2) is 0 Å². The molecule has 4 aliphatic carbocycles. The van der Waals surface area contributed by atoms with Gasteiger partial charge in [-0.05, 0) is 79.3 Å². The van der Waals surface area contributed by atoms with E-state index in [1.54, 1.807) is 11.6 Å². The number of allylic oxidation sites excluding steroid dienone is 4. The maximum absolute atomic E-state index is 12.7. The lowest BCUT2D eigenvalue weighted by Crippen LogP contribution is -2.47. The molecule has 2 saturated carbocycles. The van der Waals surface area contributed by atoms with Gasteiger partial charge in [0.15, 0.2) is 11.6 Å². The van der Waals surface area contributed by atoms with Crippen molar-refractivity contribution < 1.29 is 9.59 Å². The van der Waals surface area contributed by atoms with Crippen molar-refractivity contribution in [3.05, 3.63) is 23.8 Å². The first-order valence-electron chi connectivity index (χ1n) is 11.8. The number of rotatable bonds is 5. The van der Waals surface area contributed by atoms with Crippen molar-refractivity contribution >= 4 is 11.6 Å². The van der Waals surface area contributed by atoms with Crippen LogP contribution in [-0.2, 0) is 9.59 Å². The molecule has 154 valence electrons. The lowest BCUT2D eigenvalue weighted by atomic mass is 9.53. The fraction of sp³-hybridized carbons (Fsp3) is 0.769. The lowest BCUT2D eigenvalue weighted by Gasteiger charge is -2.51. The van der Waals surface area contributed by atoms with Gasteiger partial charge in [0.1, 0.15) is 0 Å². The van der Waals surface area contributed by atoms with Gasteiger partial charge in [0.2, 0.25) is 0 Å². The molecule has 0 aromatic carbocycles. The fourth-order valence-corrected chi connectivity index (χ4v) is 7.51. The Morgan fingerprint density at radius 2 is 1.75 bits per heavy atom. The summed E-state index contributed by atoms with van der Waals surface area (Å²) in [7, 11) is 0. The minimum absolute atomic E-state index is 0.0652. The van der Waals surface area contributed by atoms with Crippen LogP contribution < -0.4 is 0 Å². The molecule has 0 heterocycles. The monoisotopic (exact) mass is 382 g/mol. The van der Waals surface area contributed by atoms with Crippen LogP contribution in [0.1, 0.15) is 79.1 Å². The molecule has 0 amide bonds. The highest BCUT2D eigenvalue weighted by Gasteiger charge is 2.56. The van der Waals surface area contributed by atoms with E-state index in [-0.39, 0.29) is 23.4 Å². The molecule has 0 unspecified atom stereocenters. The van der Waals surface area contributed by atoms with E-state index in [1.165, 1.54) is 44.6 Å². The standard InChI is InChI=1S/C26H38O2/c1-16(2)6-5-7-17(3)21-10-11-22-18-8-9-20-23(27)12-13-24(28)25(20)19(18)14-15-26(21,22)4/h8,12-13,16-17,19-22,25H,5-7,9-11,14-15H2,1-4H3/t17-,19-,20-,21-,22+,25-,26-/m1/s1. The second-order valence-corrected chi connectivity index (χ2v) is 10.9. The molecule has 2 nitrogen and oxygen atoms in total. The Balaban J connectivity index is 1.52. The average molecular weight is 383 g/mol. The van der Waals surface area contributed by atoms with Gasteiger partial charge in [-0.15, -0.1) is 0 Å². The van der Waals surface area contributed by atoms with Gasteiger partial charge in [0.25, 0.3) is 0 Å². The molecule has 4 rings (SSSR count). The van der Waals surface area contributed by atoms with Gasteiger partial charge in [0.05, 0.1) is 0 Å². The van der Waals surface area contributed by atoms with E-state index >= 15 is 0 Å². The summed E-state index contributed by atoms with van der Waals surface area (Å²) in [6, 6.07) is 0. The van der Waals surface area contributed by atoms with E-state index in [1.807, 2.05) is 0 Å². The third-order valence-corrected chi connectivity index (χ3v) is 8.94. The van der Waals surface area contributed by atoms with Crippen molar-refractivity contribution in [1.82, 2.24) is 0 Å². The van der Waals surface area contributed by atoms with Gasteiger partial charge in [0, 0.05) is 11.8 Å². The normalized spacial score (nSPS) is 40.8. The van der Waals surface area contributed by atoms with Crippen molar-refractivity contribution in [2.75, 3.05) is 0 Å². The first-order valence-corrected chi connectivity index (χ1v) is 11.8. The summed E-state index contributed by atoms with van der Waals surface area (Å²) in [5.74, 6) is 3.62. The molecule has 0 saturated heterocycles. The van der Waals surface area contributed by atoms with Crippen molar-refractivity contribution in [1.29, 1.82) is 0 Å². The molecule has 0 aromatic rings. The van der Waals surface area contributed by atoms with E-state index in [0.29, 0.717) is 17.3 Å². The van der Waals surface area contributed by atoms with Crippen molar-refractivity contribution in [2.24, 2.45) is 46.8 Å². The Kier molecular flexibility index (Phi) is 5.44. The molecule has 0 spiro atoms. The van der Waals surface area contributed by atoms with E-state index in [9.17, 15) is 9.59 Å². The fourth-order valence-electron chi connectivity index (χ4n) is 7.51. The molecule has 0 aromatic heterocycles. The highest BCUT2D eigenvalue weighted by atomic mass is 16.1. The lowest BCUT2D eigenvalue weighted by molar-refractivity contribution is -0.131. The molecule has 7 atom stereocenters. The van der Waals surface area contributed by atoms with Crippen LogP contribution in [0.2, 0.25) is 0 Å². The zero-order chi connectivity index (χ0) is 20.1. The average Bonchev–Trinajstić information content (AvgIpc) is 3.01. The van der Waals surface area contributed by atoms with Crippen LogP contribution in [0.25, 0.3) is 0 Å². The SMILES string of the molecule is CC(C)CCC[C@@H](C)[C@H]1CC[C@H]2C3=CC[C@@H]4C(=O)C=CC(=O)[C@@H]4[C@@H]3CC[C@]12C. The molecule has 0 N–H and O–H groups in total. The third-order valence-electron chi connectivity index (χ3n) is 8.94. The van der Waals surface area contributed by atoms with Gasteiger partial charge < -0.3 is 0 Å². The van der Waals surface area contributed by atoms with Crippen molar-refractivity contribution in [2.45, 2.75) is 79.1 Å². The van der Waals surface area contributed by atoms with Gasteiger partial charge >= 0.3 is 0 Å². The highest BCUT2D eigenvalue weighted by Crippen LogP contribution is 2.63. The van der Waals surface area contributed by atoms with E-state index in [2.05, 4.69) is 33.8 Å². The highest BCUT2D eigenvalue weighted by molar-refractivity contribution is 6.07. The first-order chi connectivity index (χ1) is 13.3. The molecule has 2 heteroatoms. The summed E-state index contributed by atoms with van der Waals surface area (Å²) in [6.07, 6.45) is 15.3. The second-order valence-electron chi connectivity index (χ2n) is 10.9. The maximum Gasteiger partial charge on any atom is 0.160 e.